The van der Waals surface area contributed by atoms with Crippen molar-refractivity contribution < 1.29 is 0 Å². The van der Waals surface area contributed by atoms with E-state index in [1.165, 1.54) is 4.90 Å². The van der Waals surface area contributed by atoms with Gasteiger partial charge in [-0.05, 0) is 42.7 Å². The predicted molar refractivity (Wildman–Crippen MR) is 90.9 cm³/mol. The first-order chi connectivity index (χ1) is 10.3. The normalized spacial score (nSPS) is 10.5. The fraction of sp³-hybridized carbons (Fsp3) is 0.125. The molecule has 0 fully saturated rings. The van der Waals surface area contributed by atoms with Gasteiger partial charge in [-0.3, -0.25) is 4.98 Å². The highest BCUT2D eigenvalue weighted by atomic mass is 32.2. The molecule has 2 aromatic heterocycles. The van der Waals surface area contributed by atoms with Gasteiger partial charge in [-0.25, -0.2) is 4.98 Å². The third-order valence-corrected chi connectivity index (χ3v) is 4.66. The van der Waals surface area contributed by atoms with Crippen molar-refractivity contribution in [1.82, 2.24) is 9.97 Å². The molecule has 3 aromatic rings. The summed E-state index contributed by atoms with van der Waals surface area (Å²) in [7, 11) is 0. The largest absolute Gasteiger partial charge is 0.379 e. The van der Waals surface area contributed by atoms with Crippen LogP contribution < -0.4 is 5.32 Å². The third kappa shape index (κ3) is 3.62. The molecule has 3 rings (SSSR count). The molecule has 0 saturated carbocycles. The number of anilines is 1. The van der Waals surface area contributed by atoms with E-state index >= 15 is 0 Å². The minimum Gasteiger partial charge on any atom is -0.379 e. The molecule has 0 bridgehead atoms. The third-order valence-electron chi connectivity index (χ3n) is 3.00. The maximum Gasteiger partial charge on any atom is 0.142 e. The predicted octanol–water partition coefficient (Wildman–Crippen LogP) is 4.54. The fourth-order valence-corrected chi connectivity index (χ4v) is 3.10. The van der Waals surface area contributed by atoms with Gasteiger partial charge in [0.2, 0.25) is 0 Å². The van der Waals surface area contributed by atoms with Gasteiger partial charge >= 0.3 is 0 Å². The van der Waals surface area contributed by atoms with Crippen LogP contribution in [-0.2, 0) is 6.54 Å². The Morgan fingerprint density at radius 3 is 2.71 bits per heavy atom. The van der Waals surface area contributed by atoms with Gasteiger partial charge in [0.1, 0.15) is 5.01 Å². The van der Waals surface area contributed by atoms with Crippen LogP contribution in [0.2, 0.25) is 0 Å². The molecule has 0 aliphatic rings. The zero-order valence-corrected chi connectivity index (χ0v) is 13.2. The van der Waals surface area contributed by atoms with Crippen molar-refractivity contribution in [2.75, 3.05) is 11.6 Å². The number of nitrogens with one attached hydrogen (secondary N) is 1. The van der Waals surface area contributed by atoms with Gasteiger partial charge in [0.15, 0.2) is 0 Å². The van der Waals surface area contributed by atoms with Gasteiger partial charge in [0.05, 0.1) is 17.9 Å². The topological polar surface area (TPSA) is 37.8 Å². The van der Waals surface area contributed by atoms with Crippen molar-refractivity contribution >= 4 is 28.8 Å². The van der Waals surface area contributed by atoms with E-state index in [9.17, 15) is 0 Å². The van der Waals surface area contributed by atoms with Crippen LogP contribution in [0.3, 0.4) is 0 Å². The lowest BCUT2D eigenvalue weighted by Crippen LogP contribution is -1.99. The molecular weight excluding hydrogens is 298 g/mol. The van der Waals surface area contributed by atoms with Crippen LogP contribution >= 0.6 is 23.1 Å². The molecule has 0 unspecified atom stereocenters. The van der Waals surface area contributed by atoms with E-state index in [4.69, 9.17) is 0 Å². The van der Waals surface area contributed by atoms with Gasteiger partial charge in [-0.15, -0.1) is 23.1 Å². The lowest BCUT2D eigenvalue weighted by molar-refractivity contribution is 1.07. The quantitative estimate of drug-likeness (QED) is 0.702. The summed E-state index contributed by atoms with van der Waals surface area (Å²) in [5.74, 6) is 0. The standard InChI is InChI=1S/C16H15N3S2/c1-20-14-7-5-12(6-8-14)18-10-13-11-21-16(19-13)15-4-2-3-9-17-15/h2-9,11,18H,10H2,1H3. The van der Waals surface area contributed by atoms with Crippen molar-refractivity contribution in [3.05, 3.63) is 59.7 Å². The van der Waals surface area contributed by atoms with Crippen LogP contribution in [0.25, 0.3) is 10.7 Å². The van der Waals surface area contributed by atoms with E-state index in [-0.39, 0.29) is 0 Å². The first-order valence-corrected chi connectivity index (χ1v) is 8.69. The number of nitrogens with zero attached hydrogens (tertiary/aromatic N) is 2. The minimum atomic E-state index is 0.724. The Bertz CT molecular complexity index is 693. The second-order valence-corrected chi connectivity index (χ2v) is 6.18. The Morgan fingerprint density at radius 1 is 1.14 bits per heavy atom. The maximum absolute atomic E-state index is 4.62. The van der Waals surface area contributed by atoms with E-state index in [1.54, 1.807) is 29.3 Å². The van der Waals surface area contributed by atoms with Crippen LogP contribution in [0.5, 0.6) is 0 Å². The molecule has 0 aliphatic heterocycles. The average Bonchev–Trinajstić information content (AvgIpc) is 3.03. The molecule has 0 radical (unpaired) electrons. The van der Waals surface area contributed by atoms with Crippen LogP contribution in [0.15, 0.2) is 58.9 Å². The van der Waals surface area contributed by atoms with Gasteiger partial charge in [-0.1, -0.05) is 6.07 Å². The van der Waals surface area contributed by atoms with Gasteiger partial charge in [0, 0.05) is 22.2 Å². The molecule has 21 heavy (non-hydrogen) atoms. The van der Waals surface area contributed by atoms with Gasteiger partial charge < -0.3 is 5.32 Å². The number of hydrogen-bond acceptors (Lipinski definition) is 5. The van der Waals surface area contributed by atoms with Crippen molar-refractivity contribution in [1.29, 1.82) is 0 Å². The summed E-state index contributed by atoms with van der Waals surface area (Å²) in [5, 5.41) is 6.43. The molecule has 1 aromatic carbocycles. The van der Waals surface area contributed by atoms with Crippen LogP contribution in [-0.4, -0.2) is 16.2 Å². The zero-order valence-electron chi connectivity index (χ0n) is 11.6. The second-order valence-electron chi connectivity index (χ2n) is 4.44. The van der Waals surface area contributed by atoms with Crippen LogP contribution in [0, 0.1) is 0 Å². The summed E-state index contributed by atoms with van der Waals surface area (Å²) in [6, 6.07) is 14.3. The Labute approximate surface area is 132 Å². The first-order valence-electron chi connectivity index (χ1n) is 6.59. The SMILES string of the molecule is CSc1ccc(NCc2csc(-c3ccccn3)n2)cc1. The molecule has 1 N–H and O–H groups in total. The van der Waals surface area contributed by atoms with Crippen molar-refractivity contribution in [3.63, 3.8) is 0 Å². The number of rotatable bonds is 5. The molecule has 0 spiro atoms. The van der Waals surface area contributed by atoms with Crippen LogP contribution in [0.1, 0.15) is 5.69 Å². The highest BCUT2D eigenvalue weighted by Crippen LogP contribution is 2.22. The molecule has 3 nitrogen and oxygen atoms in total. The van der Waals surface area contributed by atoms with E-state index < -0.39 is 0 Å². The summed E-state index contributed by atoms with van der Waals surface area (Å²) in [6.07, 6.45) is 3.87. The molecule has 2 heterocycles. The van der Waals surface area contributed by atoms with Gasteiger partial charge in [-0.2, -0.15) is 0 Å². The molecule has 0 amide bonds. The summed E-state index contributed by atoms with van der Waals surface area (Å²) in [5.41, 5.74) is 3.08. The highest BCUT2D eigenvalue weighted by Gasteiger charge is 2.05. The summed E-state index contributed by atoms with van der Waals surface area (Å²) < 4.78 is 0. The number of pyridine rings is 1. The number of thioether (sulfide) groups is 1. The number of thiazole rings is 1. The number of aromatic nitrogens is 2. The van der Waals surface area contributed by atoms with Crippen molar-refractivity contribution in [3.8, 4) is 10.7 Å². The summed E-state index contributed by atoms with van der Waals surface area (Å²) >= 11 is 3.37. The number of benzene rings is 1. The Kier molecular flexibility index (Phi) is 4.52. The van der Waals surface area contributed by atoms with E-state index in [0.29, 0.717) is 0 Å². The van der Waals surface area contributed by atoms with Crippen LogP contribution in [0.4, 0.5) is 5.69 Å². The first kappa shape index (κ1) is 14.1. The van der Waals surface area contributed by atoms with Crippen molar-refractivity contribution in [2.45, 2.75) is 11.4 Å². The summed E-state index contributed by atoms with van der Waals surface area (Å²) in [4.78, 5) is 10.2. The lowest BCUT2D eigenvalue weighted by atomic mass is 10.3. The molecule has 0 aliphatic carbocycles. The lowest BCUT2D eigenvalue weighted by Gasteiger charge is -2.05. The highest BCUT2D eigenvalue weighted by molar-refractivity contribution is 7.98. The molecule has 0 saturated heterocycles. The molecule has 0 atom stereocenters. The summed E-state index contributed by atoms with van der Waals surface area (Å²) in [6.45, 7) is 0.724. The van der Waals surface area contributed by atoms with E-state index in [0.717, 1.165) is 28.6 Å². The molecule has 5 heteroatoms. The Hall–Kier alpha value is -1.85. The average molecular weight is 313 g/mol. The van der Waals surface area contributed by atoms with Gasteiger partial charge in [0.25, 0.3) is 0 Å². The van der Waals surface area contributed by atoms with E-state index in [2.05, 4.69) is 51.2 Å². The smallest absolute Gasteiger partial charge is 0.142 e. The second kappa shape index (κ2) is 6.74. The minimum absolute atomic E-state index is 0.724. The zero-order chi connectivity index (χ0) is 14.5. The Balaban J connectivity index is 1.64. The molecule has 106 valence electrons. The Morgan fingerprint density at radius 2 is 2.00 bits per heavy atom. The fourth-order valence-electron chi connectivity index (χ4n) is 1.90. The monoisotopic (exact) mass is 313 g/mol. The maximum atomic E-state index is 4.62. The molecular formula is C16H15N3S2. The van der Waals surface area contributed by atoms with Crippen molar-refractivity contribution in [2.24, 2.45) is 0 Å². The van der Waals surface area contributed by atoms with E-state index in [1.807, 2.05) is 18.2 Å². The number of hydrogen-bond donors (Lipinski definition) is 1.